The van der Waals surface area contributed by atoms with Gasteiger partial charge < -0.3 is 9.64 Å². The highest BCUT2D eigenvalue weighted by Crippen LogP contribution is 2.29. The Bertz CT molecular complexity index is 688. The van der Waals surface area contributed by atoms with Crippen LogP contribution in [0.25, 0.3) is 0 Å². The van der Waals surface area contributed by atoms with Crippen molar-refractivity contribution < 1.29 is 24.0 Å². The number of halogens is 1. The molecule has 0 aliphatic carbocycles. The van der Waals surface area contributed by atoms with Crippen molar-refractivity contribution in [2.24, 2.45) is 0 Å². The summed E-state index contributed by atoms with van der Waals surface area (Å²) in [6, 6.07) is 6.42. The summed E-state index contributed by atoms with van der Waals surface area (Å²) in [5.74, 6) is -0.457. The molecule has 25 heavy (non-hydrogen) atoms. The van der Waals surface area contributed by atoms with Gasteiger partial charge in [-0.3, -0.25) is 14.5 Å². The Labute approximate surface area is 151 Å². The van der Waals surface area contributed by atoms with Crippen LogP contribution in [0.3, 0.4) is 0 Å². The zero-order valence-corrected chi connectivity index (χ0v) is 14.8. The molecular weight excluding hydrogens is 346 g/mol. The highest BCUT2D eigenvalue weighted by Gasteiger charge is 2.47. The van der Waals surface area contributed by atoms with Gasteiger partial charge in [-0.25, -0.2) is 9.69 Å². The van der Waals surface area contributed by atoms with Gasteiger partial charge in [-0.05, 0) is 19.1 Å². The van der Waals surface area contributed by atoms with Gasteiger partial charge in [0.2, 0.25) is 5.91 Å². The quantitative estimate of drug-likeness (QED) is 0.783. The van der Waals surface area contributed by atoms with Crippen LogP contribution < -0.4 is 9.80 Å². The van der Waals surface area contributed by atoms with Crippen LogP contribution in [0.1, 0.15) is 13.3 Å². The number of nitrogens with zero attached hydrogens (tertiary/aromatic N) is 2. The first-order chi connectivity index (χ1) is 12.0. The van der Waals surface area contributed by atoms with Crippen LogP contribution in [-0.2, 0) is 14.3 Å². The summed E-state index contributed by atoms with van der Waals surface area (Å²) in [4.78, 5) is 40.8. The normalized spacial score (nSPS) is 21.8. The smallest absolute Gasteiger partial charge is 0.410 e. The van der Waals surface area contributed by atoms with Gasteiger partial charge in [0.05, 0.1) is 49.9 Å². The van der Waals surface area contributed by atoms with E-state index in [9.17, 15) is 14.4 Å². The fraction of sp³-hybridized carbons (Fsp3) is 0.471. The Morgan fingerprint density at radius 1 is 1.28 bits per heavy atom. The van der Waals surface area contributed by atoms with E-state index in [1.54, 1.807) is 36.1 Å². The van der Waals surface area contributed by atoms with Crippen molar-refractivity contribution in [1.29, 1.82) is 0 Å². The number of piperazine rings is 1. The van der Waals surface area contributed by atoms with Crippen molar-refractivity contribution in [1.82, 2.24) is 4.90 Å². The second-order valence-corrected chi connectivity index (χ2v) is 6.53. The number of hydrogen-bond donors (Lipinski definition) is 1. The van der Waals surface area contributed by atoms with Gasteiger partial charge in [0.25, 0.3) is 5.91 Å². The lowest BCUT2D eigenvalue weighted by molar-refractivity contribution is -0.918. The summed E-state index contributed by atoms with van der Waals surface area (Å²) in [6.45, 7) is 4.36. The van der Waals surface area contributed by atoms with Gasteiger partial charge in [0.1, 0.15) is 0 Å². The molecule has 2 fully saturated rings. The van der Waals surface area contributed by atoms with Gasteiger partial charge in [0.15, 0.2) is 6.04 Å². The molecule has 1 aromatic rings. The molecule has 1 N–H and O–H groups in total. The average molecular weight is 367 g/mol. The topological polar surface area (TPSA) is 71.4 Å². The number of quaternary nitrogens is 1. The summed E-state index contributed by atoms with van der Waals surface area (Å²) < 4.78 is 5.00. The number of benzene rings is 1. The largest absolute Gasteiger partial charge is 0.450 e. The summed E-state index contributed by atoms with van der Waals surface area (Å²) in [7, 11) is 0. The fourth-order valence-electron chi connectivity index (χ4n) is 3.38. The summed E-state index contributed by atoms with van der Waals surface area (Å²) in [6.07, 6.45) is -0.160. The van der Waals surface area contributed by atoms with E-state index in [2.05, 4.69) is 0 Å². The number of amides is 3. The number of rotatable bonds is 3. The van der Waals surface area contributed by atoms with Gasteiger partial charge in [-0.1, -0.05) is 23.7 Å². The number of hydrogen-bond acceptors (Lipinski definition) is 4. The maximum atomic E-state index is 12.8. The fourth-order valence-corrected chi connectivity index (χ4v) is 3.60. The van der Waals surface area contributed by atoms with E-state index in [1.165, 1.54) is 4.90 Å². The molecule has 2 saturated heterocycles. The van der Waals surface area contributed by atoms with Gasteiger partial charge in [0, 0.05) is 0 Å². The first-order valence-corrected chi connectivity index (χ1v) is 8.78. The molecule has 8 heteroatoms. The van der Waals surface area contributed by atoms with E-state index in [1.807, 2.05) is 0 Å². The van der Waals surface area contributed by atoms with E-state index in [4.69, 9.17) is 16.3 Å². The third-order valence-electron chi connectivity index (χ3n) is 4.66. The van der Waals surface area contributed by atoms with Gasteiger partial charge in [-0.15, -0.1) is 0 Å². The van der Waals surface area contributed by atoms with E-state index < -0.39 is 6.04 Å². The first kappa shape index (κ1) is 17.7. The maximum Gasteiger partial charge on any atom is 0.410 e. The van der Waals surface area contributed by atoms with Crippen molar-refractivity contribution in [2.45, 2.75) is 19.4 Å². The molecule has 0 bridgehead atoms. The van der Waals surface area contributed by atoms with Gasteiger partial charge >= 0.3 is 6.09 Å². The molecule has 2 aliphatic rings. The molecule has 0 aromatic heterocycles. The predicted octanol–water partition coefficient (Wildman–Crippen LogP) is 0.329. The van der Waals surface area contributed by atoms with Crippen LogP contribution in [0.15, 0.2) is 24.3 Å². The highest BCUT2D eigenvalue weighted by molar-refractivity contribution is 6.36. The minimum atomic E-state index is -0.423. The average Bonchev–Trinajstić information content (AvgIpc) is 2.90. The van der Waals surface area contributed by atoms with E-state index in [0.717, 1.165) is 4.90 Å². The monoisotopic (exact) mass is 366 g/mol. The SMILES string of the molecule is CCOC(=O)N1CC[NH+]([C@@H]2CC(=O)N(c3ccccc3Cl)C2=O)CC1. The number of carbonyl (C=O) groups is 3. The van der Waals surface area contributed by atoms with Crippen molar-refractivity contribution in [3.8, 4) is 0 Å². The van der Waals surface area contributed by atoms with Crippen molar-refractivity contribution in [3.63, 3.8) is 0 Å². The van der Waals surface area contributed by atoms with Crippen LogP contribution in [0, 0.1) is 0 Å². The van der Waals surface area contributed by atoms with Crippen LogP contribution in [0.4, 0.5) is 10.5 Å². The number of nitrogens with one attached hydrogen (secondary N) is 1. The third-order valence-corrected chi connectivity index (χ3v) is 4.98. The van der Waals surface area contributed by atoms with Crippen LogP contribution in [0.2, 0.25) is 5.02 Å². The number of ether oxygens (including phenoxy) is 1. The second kappa shape index (κ2) is 7.41. The third kappa shape index (κ3) is 3.48. The lowest BCUT2D eigenvalue weighted by Gasteiger charge is -2.33. The van der Waals surface area contributed by atoms with Crippen LogP contribution >= 0.6 is 11.6 Å². The molecule has 1 aromatic carbocycles. The minimum Gasteiger partial charge on any atom is -0.450 e. The standard InChI is InChI=1S/C17H20ClN3O4/c1-2-25-17(24)20-9-7-19(8-10-20)14-11-15(22)21(16(14)23)13-6-4-3-5-12(13)18/h3-6,14H,2,7-11H2,1H3/p+1/t14-/m1/s1. The molecule has 0 radical (unpaired) electrons. The molecule has 3 amide bonds. The molecular formula is C17H21ClN3O4+. The number of para-hydroxylation sites is 1. The molecule has 0 spiro atoms. The summed E-state index contributed by atoms with van der Waals surface area (Å²) in [5.41, 5.74) is 0.436. The van der Waals surface area contributed by atoms with E-state index in [0.29, 0.717) is 43.5 Å². The van der Waals surface area contributed by atoms with Crippen molar-refractivity contribution >= 4 is 35.2 Å². The number of carbonyl (C=O) groups excluding carboxylic acids is 3. The molecule has 7 nitrogen and oxygen atoms in total. The van der Waals surface area contributed by atoms with Crippen LogP contribution in [-0.4, -0.2) is 61.6 Å². The molecule has 134 valence electrons. The molecule has 2 heterocycles. The maximum absolute atomic E-state index is 12.8. The Hall–Kier alpha value is -2.12. The van der Waals surface area contributed by atoms with Crippen molar-refractivity contribution in [3.05, 3.63) is 29.3 Å². The Balaban J connectivity index is 1.67. The second-order valence-electron chi connectivity index (χ2n) is 6.12. The Kier molecular flexibility index (Phi) is 5.24. The molecule has 0 saturated carbocycles. The highest BCUT2D eigenvalue weighted by atomic mass is 35.5. The lowest BCUT2D eigenvalue weighted by atomic mass is 10.2. The van der Waals surface area contributed by atoms with Crippen LogP contribution in [0.5, 0.6) is 0 Å². The number of imide groups is 1. The van der Waals surface area contributed by atoms with Crippen molar-refractivity contribution in [2.75, 3.05) is 37.7 Å². The molecule has 0 unspecified atom stereocenters. The molecule has 3 rings (SSSR count). The summed E-state index contributed by atoms with van der Waals surface area (Å²) >= 11 is 6.14. The predicted molar refractivity (Wildman–Crippen MR) is 91.6 cm³/mol. The number of anilines is 1. The zero-order valence-electron chi connectivity index (χ0n) is 14.0. The first-order valence-electron chi connectivity index (χ1n) is 8.40. The zero-order chi connectivity index (χ0) is 18.0. The minimum absolute atomic E-state index is 0.165. The molecule has 2 aliphatic heterocycles. The lowest BCUT2D eigenvalue weighted by Crippen LogP contribution is -3.19. The van der Waals surface area contributed by atoms with E-state index in [-0.39, 0.29) is 24.3 Å². The Morgan fingerprint density at radius 3 is 2.60 bits per heavy atom. The summed E-state index contributed by atoms with van der Waals surface area (Å²) in [5, 5.41) is 0.381. The molecule has 1 atom stereocenters. The van der Waals surface area contributed by atoms with E-state index >= 15 is 0 Å². The Morgan fingerprint density at radius 2 is 1.96 bits per heavy atom. The van der Waals surface area contributed by atoms with Gasteiger partial charge in [-0.2, -0.15) is 0 Å².